The molecule has 1 aromatic carbocycles. The van der Waals surface area contributed by atoms with Gasteiger partial charge in [-0.15, -0.1) is 0 Å². The van der Waals surface area contributed by atoms with Crippen LogP contribution < -0.4 is 16.0 Å². The van der Waals surface area contributed by atoms with E-state index in [2.05, 4.69) is 16.0 Å². The summed E-state index contributed by atoms with van der Waals surface area (Å²) >= 11 is 5.93. The molecule has 3 N–H and O–H groups in total. The first-order valence-corrected chi connectivity index (χ1v) is 8.00. The SMILES string of the molecule is C[C@H]1CCNC(=O)[C@H]1NC(=O)NCCCc1cccc(Cl)c1. The third-order valence-electron chi connectivity index (χ3n) is 3.85. The number of urea groups is 1. The summed E-state index contributed by atoms with van der Waals surface area (Å²) in [7, 11) is 0. The summed E-state index contributed by atoms with van der Waals surface area (Å²) in [6.45, 7) is 3.21. The van der Waals surface area contributed by atoms with E-state index in [4.69, 9.17) is 11.6 Å². The van der Waals surface area contributed by atoms with E-state index in [1.807, 2.05) is 31.2 Å². The molecule has 3 amide bonds. The first kappa shape index (κ1) is 16.6. The fourth-order valence-corrected chi connectivity index (χ4v) is 2.76. The first-order chi connectivity index (χ1) is 10.6. The summed E-state index contributed by atoms with van der Waals surface area (Å²) in [6.07, 6.45) is 2.55. The molecule has 0 unspecified atom stereocenters. The number of hydrogen-bond donors (Lipinski definition) is 3. The zero-order valence-electron chi connectivity index (χ0n) is 12.7. The standard InChI is InChI=1S/C16H22ClN3O2/c1-11-7-9-18-15(21)14(11)20-16(22)19-8-3-5-12-4-2-6-13(17)10-12/h2,4,6,10-11,14H,3,5,7-9H2,1H3,(H,18,21)(H2,19,20,22)/t11-,14-/m0/s1. The van der Waals surface area contributed by atoms with Crippen molar-refractivity contribution in [1.29, 1.82) is 0 Å². The van der Waals surface area contributed by atoms with Crippen LogP contribution in [0.2, 0.25) is 5.02 Å². The molecule has 5 nitrogen and oxygen atoms in total. The molecule has 0 saturated carbocycles. The monoisotopic (exact) mass is 323 g/mol. The van der Waals surface area contributed by atoms with Gasteiger partial charge in [0.15, 0.2) is 0 Å². The lowest BCUT2D eigenvalue weighted by molar-refractivity contribution is -0.125. The minimum atomic E-state index is -0.443. The number of hydrogen-bond acceptors (Lipinski definition) is 2. The Hall–Kier alpha value is -1.75. The molecule has 1 aliphatic heterocycles. The summed E-state index contributed by atoms with van der Waals surface area (Å²) < 4.78 is 0. The van der Waals surface area contributed by atoms with Crippen LogP contribution >= 0.6 is 11.6 Å². The molecule has 2 atom stereocenters. The predicted molar refractivity (Wildman–Crippen MR) is 86.9 cm³/mol. The molecule has 0 aromatic heterocycles. The largest absolute Gasteiger partial charge is 0.354 e. The molecular weight excluding hydrogens is 302 g/mol. The maximum Gasteiger partial charge on any atom is 0.315 e. The van der Waals surface area contributed by atoms with E-state index in [0.29, 0.717) is 13.1 Å². The highest BCUT2D eigenvalue weighted by Gasteiger charge is 2.29. The zero-order valence-corrected chi connectivity index (χ0v) is 13.5. The number of carbonyl (C=O) groups is 2. The highest BCUT2D eigenvalue weighted by molar-refractivity contribution is 6.30. The topological polar surface area (TPSA) is 70.2 Å². The van der Waals surface area contributed by atoms with Crippen molar-refractivity contribution >= 4 is 23.5 Å². The van der Waals surface area contributed by atoms with Gasteiger partial charge in [0.1, 0.15) is 6.04 Å². The second-order valence-corrected chi connectivity index (χ2v) is 6.10. The van der Waals surface area contributed by atoms with Crippen LogP contribution in [-0.2, 0) is 11.2 Å². The van der Waals surface area contributed by atoms with Gasteiger partial charge in [-0.3, -0.25) is 4.79 Å². The maximum absolute atomic E-state index is 11.8. The molecule has 1 saturated heterocycles. The van der Waals surface area contributed by atoms with E-state index in [1.54, 1.807) is 0 Å². The van der Waals surface area contributed by atoms with Gasteiger partial charge in [-0.1, -0.05) is 30.7 Å². The predicted octanol–water partition coefficient (Wildman–Crippen LogP) is 2.10. The molecule has 1 aliphatic rings. The van der Waals surface area contributed by atoms with E-state index in [0.717, 1.165) is 29.8 Å². The van der Waals surface area contributed by atoms with Crippen molar-refractivity contribution in [2.45, 2.75) is 32.2 Å². The van der Waals surface area contributed by atoms with Crippen molar-refractivity contribution in [3.63, 3.8) is 0 Å². The number of benzene rings is 1. The third-order valence-corrected chi connectivity index (χ3v) is 4.09. The normalized spacial score (nSPS) is 21.1. The van der Waals surface area contributed by atoms with Gasteiger partial charge in [-0.25, -0.2) is 4.79 Å². The van der Waals surface area contributed by atoms with E-state index < -0.39 is 6.04 Å². The number of rotatable bonds is 5. The van der Waals surface area contributed by atoms with Gasteiger partial charge in [0.05, 0.1) is 0 Å². The summed E-state index contributed by atoms with van der Waals surface area (Å²) in [6, 6.07) is 6.96. The highest BCUT2D eigenvalue weighted by Crippen LogP contribution is 2.13. The molecule has 6 heteroatoms. The average molecular weight is 324 g/mol. The van der Waals surface area contributed by atoms with Crippen LogP contribution in [0.5, 0.6) is 0 Å². The molecule has 1 aromatic rings. The minimum Gasteiger partial charge on any atom is -0.354 e. The van der Waals surface area contributed by atoms with Crippen LogP contribution in [0.3, 0.4) is 0 Å². The van der Waals surface area contributed by atoms with E-state index in [-0.39, 0.29) is 17.9 Å². The molecular formula is C16H22ClN3O2. The van der Waals surface area contributed by atoms with Gasteiger partial charge in [0.25, 0.3) is 0 Å². The van der Waals surface area contributed by atoms with E-state index in [1.165, 1.54) is 0 Å². The van der Waals surface area contributed by atoms with Gasteiger partial charge in [-0.05, 0) is 42.9 Å². The van der Waals surface area contributed by atoms with Crippen LogP contribution in [0.1, 0.15) is 25.3 Å². The first-order valence-electron chi connectivity index (χ1n) is 7.63. The lowest BCUT2D eigenvalue weighted by Gasteiger charge is -2.28. The van der Waals surface area contributed by atoms with Gasteiger partial charge in [0, 0.05) is 18.1 Å². The van der Waals surface area contributed by atoms with Gasteiger partial charge < -0.3 is 16.0 Å². The molecule has 0 aliphatic carbocycles. The fourth-order valence-electron chi connectivity index (χ4n) is 2.55. The molecule has 22 heavy (non-hydrogen) atoms. The second-order valence-electron chi connectivity index (χ2n) is 5.67. The average Bonchev–Trinajstić information content (AvgIpc) is 2.48. The Morgan fingerprint density at radius 1 is 1.45 bits per heavy atom. The Bertz CT molecular complexity index is 536. The summed E-state index contributed by atoms with van der Waals surface area (Å²) in [4.78, 5) is 23.6. The fraction of sp³-hybridized carbons (Fsp3) is 0.500. The summed E-state index contributed by atoms with van der Waals surface area (Å²) in [5.74, 6) is 0.0544. The number of piperidine rings is 1. The molecule has 0 spiro atoms. The quantitative estimate of drug-likeness (QED) is 0.726. The van der Waals surface area contributed by atoms with Crippen molar-refractivity contribution in [2.75, 3.05) is 13.1 Å². The number of halogens is 1. The molecule has 1 fully saturated rings. The van der Waals surface area contributed by atoms with E-state index >= 15 is 0 Å². The van der Waals surface area contributed by atoms with Gasteiger partial charge in [0.2, 0.25) is 5.91 Å². The minimum absolute atomic E-state index is 0.104. The van der Waals surface area contributed by atoms with E-state index in [9.17, 15) is 9.59 Å². The van der Waals surface area contributed by atoms with Crippen molar-refractivity contribution < 1.29 is 9.59 Å². The maximum atomic E-state index is 11.8. The van der Waals surface area contributed by atoms with Crippen molar-refractivity contribution in [1.82, 2.24) is 16.0 Å². The second kappa shape index (κ2) is 8.03. The number of nitrogens with one attached hydrogen (secondary N) is 3. The molecule has 120 valence electrons. The summed E-state index contributed by atoms with van der Waals surface area (Å²) in [5.41, 5.74) is 1.15. The van der Waals surface area contributed by atoms with Gasteiger partial charge >= 0.3 is 6.03 Å². The third kappa shape index (κ3) is 4.91. The molecule has 1 heterocycles. The molecule has 2 rings (SSSR count). The number of carbonyl (C=O) groups excluding carboxylic acids is 2. The van der Waals surface area contributed by atoms with Crippen molar-refractivity contribution in [3.05, 3.63) is 34.9 Å². The molecule has 0 radical (unpaired) electrons. The summed E-state index contributed by atoms with van der Waals surface area (Å²) in [5, 5.41) is 9.03. The van der Waals surface area contributed by atoms with Gasteiger partial charge in [-0.2, -0.15) is 0 Å². The Morgan fingerprint density at radius 2 is 2.27 bits per heavy atom. The number of aryl methyl sites for hydroxylation is 1. The van der Waals surface area contributed by atoms with Crippen LogP contribution in [0.25, 0.3) is 0 Å². The van der Waals surface area contributed by atoms with Crippen molar-refractivity contribution in [2.24, 2.45) is 5.92 Å². The van der Waals surface area contributed by atoms with Crippen LogP contribution in [-0.4, -0.2) is 31.1 Å². The Kier molecular flexibility index (Phi) is 6.07. The van der Waals surface area contributed by atoms with Crippen LogP contribution in [0, 0.1) is 5.92 Å². The Morgan fingerprint density at radius 3 is 3.00 bits per heavy atom. The number of amides is 3. The van der Waals surface area contributed by atoms with Crippen LogP contribution in [0.15, 0.2) is 24.3 Å². The van der Waals surface area contributed by atoms with Crippen molar-refractivity contribution in [3.8, 4) is 0 Å². The Labute approximate surface area is 135 Å². The lowest BCUT2D eigenvalue weighted by Crippen LogP contribution is -2.56. The highest BCUT2D eigenvalue weighted by atomic mass is 35.5. The molecule has 0 bridgehead atoms. The smallest absolute Gasteiger partial charge is 0.315 e. The lowest BCUT2D eigenvalue weighted by atomic mass is 9.94. The zero-order chi connectivity index (χ0) is 15.9. The van der Waals surface area contributed by atoms with Crippen LogP contribution in [0.4, 0.5) is 4.79 Å². The Balaban J connectivity index is 1.68.